The Morgan fingerprint density at radius 1 is 1.16 bits per heavy atom. The van der Waals surface area contributed by atoms with Crippen molar-refractivity contribution in [2.24, 2.45) is 5.92 Å². The minimum absolute atomic E-state index is 0.142. The molecule has 1 N–H and O–H groups in total. The Morgan fingerprint density at radius 2 is 1.84 bits per heavy atom. The molecular formula is C16H18FNO. The maximum Gasteiger partial charge on any atom is 0.251 e. The minimum Gasteiger partial charge on any atom is -0.352 e. The second kappa shape index (κ2) is 5.83. The van der Waals surface area contributed by atoms with Crippen molar-refractivity contribution in [2.45, 2.75) is 20.3 Å². The Morgan fingerprint density at radius 3 is 2.53 bits per heavy atom. The van der Waals surface area contributed by atoms with Gasteiger partial charge in [-0.25, -0.2) is 4.39 Å². The number of rotatable bonds is 4. The highest BCUT2D eigenvalue weighted by Crippen LogP contribution is 2.21. The zero-order valence-electron chi connectivity index (χ0n) is 11.2. The Kier molecular flexibility index (Phi) is 4.15. The van der Waals surface area contributed by atoms with E-state index in [9.17, 15) is 9.18 Å². The molecule has 0 bridgehead atoms. The molecule has 2 aromatic carbocycles. The third-order valence-corrected chi connectivity index (χ3v) is 3.12. The predicted molar refractivity (Wildman–Crippen MR) is 75.7 cm³/mol. The molecule has 0 saturated heterocycles. The Balaban J connectivity index is 2.25. The van der Waals surface area contributed by atoms with Crippen LogP contribution in [0.15, 0.2) is 36.4 Å². The lowest BCUT2D eigenvalue weighted by atomic mass is 10.0. The van der Waals surface area contributed by atoms with Crippen LogP contribution in [0.25, 0.3) is 10.8 Å². The molecule has 0 saturated carbocycles. The molecule has 0 unspecified atom stereocenters. The van der Waals surface area contributed by atoms with E-state index in [2.05, 4.69) is 19.2 Å². The summed E-state index contributed by atoms with van der Waals surface area (Å²) in [7, 11) is 0. The molecule has 0 aliphatic heterocycles. The molecule has 0 heterocycles. The number of amides is 1. The van der Waals surface area contributed by atoms with Crippen LogP contribution in [-0.4, -0.2) is 12.5 Å². The molecule has 2 nitrogen and oxygen atoms in total. The lowest BCUT2D eigenvalue weighted by molar-refractivity contribution is 0.0953. The topological polar surface area (TPSA) is 29.1 Å². The SMILES string of the molecule is CC(C)CCNC(=O)c1ccc(F)c2ccccc12. The van der Waals surface area contributed by atoms with Crippen molar-refractivity contribution < 1.29 is 9.18 Å². The highest BCUT2D eigenvalue weighted by molar-refractivity contribution is 6.07. The molecule has 1 amide bonds. The molecule has 0 atom stereocenters. The predicted octanol–water partition coefficient (Wildman–Crippen LogP) is 3.75. The van der Waals surface area contributed by atoms with Gasteiger partial charge in [0.2, 0.25) is 0 Å². The summed E-state index contributed by atoms with van der Waals surface area (Å²) in [5, 5.41) is 4.02. The summed E-state index contributed by atoms with van der Waals surface area (Å²) < 4.78 is 13.7. The van der Waals surface area contributed by atoms with Crippen LogP contribution in [-0.2, 0) is 0 Å². The molecule has 0 aliphatic carbocycles. The van der Waals surface area contributed by atoms with Crippen molar-refractivity contribution in [1.29, 1.82) is 0 Å². The molecule has 0 spiro atoms. The van der Waals surface area contributed by atoms with Gasteiger partial charge in [0.05, 0.1) is 0 Å². The Labute approximate surface area is 112 Å². The molecular weight excluding hydrogens is 241 g/mol. The van der Waals surface area contributed by atoms with Gasteiger partial charge >= 0.3 is 0 Å². The smallest absolute Gasteiger partial charge is 0.251 e. The number of carbonyl (C=O) groups excluding carboxylic acids is 1. The van der Waals surface area contributed by atoms with E-state index in [0.717, 1.165) is 6.42 Å². The average molecular weight is 259 g/mol. The second-order valence-electron chi connectivity index (χ2n) is 5.08. The van der Waals surface area contributed by atoms with E-state index in [4.69, 9.17) is 0 Å². The van der Waals surface area contributed by atoms with Crippen LogP contribution in [0.2, 0.25) is 0 Å². The number of hydrogen-bond acceptors (Lipinski definition) is 1. The highest BCUT2D eigenvalue weighted by Gasteiger charge is 2.11. The van der Waals surface area contributed by atoms with E-state index >= 15 is 0 Å². The first kappa shape index (κ1) is 13.5. The molecule has 2 rings (SSSR count). The maximum atomic E-state index is 13.7. The molecule has 2 aromatic rings. The van der Waals surface area contributed by atoms with Crippen molar-refractivity contribution in [3.05, 3.63) is 47.8 Å². The number of nitrogens with one attached hydrogen (secondary N) is 1. The third kappa shape index (κ3) is 3.11. The van der Waals surface area contributed by atoms with Crippen LogP contribution in [0, 0.1) is 11.7 Å². The molecule has 0 fully saturated rings. The number of halogens is 1. The average Bonchev–Trinajstić information content (AvgIpc) is 2.39. The van der Waals surface area contributed by atoms with Crippen molar-refractivity contribution in [3.8, 4) is 0 Å². The van der Waals surface area contributed by atoms with Gasteiger partial charge < -0.3 is 5.32 Å². The summed E-state index contributed by atoms with van der Waals surface area (Å²) >= 11 is 0. The number of fused-ring (bicyclic) bond motifs is 1. The van der Waals surface area contributed by atoms with E-state index in [0.29, 0.717) is 28.8 Å². The first-order valence-corrected chi connectivity index (χ1v) is 6.55. The second-order valence-corrected chi connectivity index (χ2v) is 5.08. The fraction of sp³-hybridized carbons (Fsp3) is 0.312. The molecule has 0 aromatic heterocycles. The first-order chi connectivity index (χ1) is 9.09. The third-order valence-electron chi connectivity index (χ3n) is 3.12. The molecule has 100 valence electrons. The maximum absolute atomic E-state index is 13.7. The highest BCUT2D eigenvalue weighted by atomic mass is 19.1. The summed E-state index contributed by atoms with van der Waals surface area (Å²) in [5.74, 6) is 0.108. The molecule has 19 heavy (non-hydrogen) atoms. The van der Waals surface area contributed by atoms with Crippen LogP contribution in [0.5, 0.6) is 0 Å². The Hall–Kier alpha value is -1.90. The minimum atomic E-state index is -0.297. The lowest BCUT2D eigenvalue weighted by Crippen LogP contribution is -2.25. The van der Waals surface area contributed by atoms with Crippen molar-refractivity contribution in [1.82, 2.24) is 5.32 Å². The van der Waals surface area contributed by atoms with Gasteiger partial charge in [-0.05, 0) is 29.9 Å². The van der Waals surface area contributed by atoms with Crippen LogP contribution >= 0.6 is 0 Å². The fourth-order valence-electron chi connectivity index (χ4n) is 2.03. The van der Waals surface area contributed by atoms with Crippen LogP contribution in [0.4, 0.5) is 4.39 Å². The van der Waals surface area contributed by atoms with Gasteiger partial charge in [0.25, 0.3) is 5.91 Å². The standard InChI is InChI=1S/C16H18FNO/c1-11(2)9-10-18-16(19)14-7-8-15(17)13-6-4-3-5-12(13)14/h3-8,11H,9-10H2,1-2H3,(H,18,19). The van der Waals surface area contributed by atoms with E-state index in [1.165, 1.54) is 6.07 Å². The summed E-state index contributed by atoms with van der Waals surface area (Å²) in [4.78, 5) is 12.1. The monoisotopic (exact) mass is 259 g/mol. The molecule has 3 heteroatoms. The lowest BCUT2D eigenvalue weighted by Gasteiger charge is -2.09. The normalized spacial score (nSPS) is 10.9. The van der Waals surface area contributed by atoms with Crippen molar-refractivity contribution in [3.63, 3.8) is 0 Å². The van der Waals surface area contributed by atoms with Crippen LogP contribution < -0.4 is 5.32 Å². The number of benzene rings is 2. The van der Waals surface area contributed by atoms with E-state index < -0.39 is 0 Å². The summed E-state index contributed by atoms with van der Waals surface area (Å²) in [6, 6.07) is 9.94. The van der Waals surface area contributed by atoms with Gasteiger partial charge in [-0.2, -0.15) is 0 Å². The Bertz CT molecular complexity index is 592. The number of carbonyl (C=O) groups is 1. The van der Waals surface area contributed by atoms with Crippen LogP contribution in [0.1, 0.15) is 30.6 Å². The van der Waals surface area contributed by atoms with Crippen LogP contribution in [0.3, 0.4) is 0 Å². The van der Waals surface area contributed by atoms with Gasteiger partial charge in [0, 0.05) is 17.5 Å². The first-order valence-electron chi connectivity index (χ1n) is 6.55. The zero-order valence-corrected chi connectivity index (χ0v) is 11.2. The van der Waals surface area contributed by atoms with Crippen molar-refractivity contribution in [2.75, 3.05) is 6.54 Å². The summed E-state index contributed by atoms with van der Waals surface area (Å²) in [5.41, 5.74) is 0.528. The molecule has 0 radical (unpaired) electrons. The van der Waals surface area contributed by atoms with Gasteiger partial charge in [-0.3, -0.25) is 4.79 Å². The quantitative estimate of drug-likeness (QED) is 0.890. The number of hydrogen-bond donors (Lipinski definition) is 1. The fourth-order valence-corrected chi connectivity index (χ4v) is 2.03. The van der Waals surface area contributed by atoms with E-state index in [-0.39, 0.29) is 11.7 Å². The van der Waals surface area contributed by atoms with Gasteiger partial charge in [-0.15, -0.1) is 0 Å². The van der Waals surface area contributed by atoms with Gasteiger partial charge in [0.15, 0.2) is 0 Å². The van der Waals surface area contributed by atoms with E-state index in [1.54, 1.807) is 24.3 Å². The van der Waals surface area contributed by atoms with Gasteiger partial charge in [-0.1, -0.05) is 38.1 Å². The van der Waals surface area contributed by atoms with Crippen molar-refractivity contribution >= 4 is 16.7 Å². The largest absolute Gasteiger partial charge is 0.352 e. The summed E-state index contributed by atoms with van der Waals surface area (Å²) in [6.07, 6.45) is 0.935. The van der Waals surface area contributed by atoms with Gasteiger partial charge in [0.1, 0.15) is 5.82 Å². The zero-order chi connectivity index (χ0) is 13.8. The molecule has 0 aliphatic rings. The summed E-state index contributed by atoms with van der Waals surface area (Å²) in [6.45, 7) is 4.86. The van der Waals surface area contributed by atoms with E-state index in [1.807, 2.05) is 6.07 Å².